The second-order valence-electron chi connectivity index (χ2n) is 2.74. The van der Waals surface area contributed by atoms with Gasteiger partial charge in [-0.3, -0.25) is 9.59 Å². The molecule has 0 aliphatic heterocycles. The highest BCUT2D eigenvalue weighted by Crippen LogP contribution is 1.96. The molecule has 0 radical (unpaired) electrons. The molecule has 8 heteroatoms. The van der Waals surface area contributed by atoms with E-state index >= 15 is 0 Å². The lowest BCUT2D eigenvalue weighted by molar-refractivity contribution is -0.146. The van der Waals surface area contributed by atoms with Crippen LogP contribution in [0.15, 0.2) is 0 Å². The normalized spacial score (nSPS) is 12.3. The van der Waals surface area contributed by atoms with Gasteiger partial charge in [0.1, 0.15) is 6.04 Å². The number of halogens is 2. The number of carbonyl (C=O) groups is 2. The summed E-state index contributed by atoms with van der Waals surface area (Å²) in [7, 11) is 0. The summed E-state index contributed by atoms with van der Waals surface area (Å²) in [6.45, 7) is -2.29. The number of alkyl halides is 2. The van der Waals surface area contributed by atoms with Crippen LogP contribution in [-0.4, -0.2) is 52.8 Å². The number of ether oxygens (including phenoxy) is 1. The molecule has 0 aliphatic carbocycles. The van der Waals surface area contributed by atoms with Crippen molar-refractivity contribution in [3.8, 4) is 0 Å². The second kappa shape index (κ2) is 7.57. The molecule has 0 saturated heterocycles. The van der Waals surface area contributed by atoms with Crippen molar-refractivity contribution in [2.75, 3.05) is 12.0 Å². The standard InChI is InChI=1S/C7H11F2N2O3.Al.2H/c1-4(12)11-5(6(13)10-2)3-14-7(8)9;;;/h5,7H,2-3H2,1H3,(H,10,13)(H,11,12);;;. The van der Waals surface area contributed by atoms with Gasteiger partial charge in [-0.2, -0.15) is 8.78 Å². The van der Waals surface area contributed by atoms with Crippen LogP contribution in [0, 0.1) is 0 Å². The fourth-order valence-corrected chi connectivity index (χ4v) is 1.24. The van der Waals surface area contributed by atoms with E-state index in [-0.39, 0.29) is 0 Å². The Morgan fingerprint density at radius 2 is 2.07 bits per heavy atom. The van der Waals surface area contributed by atoms with Crippen LogP contribution >= 0.6 is 0 Å². The first-order valence-corrected chi connectivity index (χ1v) is 5.83. The number of hydrogen-bond acceptors (Lipinski definition) is 3. The van der Waals surface area contributed by atoms with E-state index in [1.807, 2.05) is 0 Å². The Morgan fingerprint density at radius 1 is 1.47 bits per heavy atom. The van der Waals surface area contributed by atoms with E-state index < -0.39 is 31.1 Å². The monoisotopic (exact) mass is 238 g/mol. The topological polar surface area (TPSA) is 67.4 Å². The van der Waals surface area contributed by atoms with Crippen molar-refractivity contribution in [2.24, 2.45) is 0 Å². The van der Waals surface area contributed by atoms with Crippen molar-refractivity contribution in [2.45, 2.75) is 19.6 Å². The van der Waals surface area contributed by atoms with E-state index in [9.17, 15) is 18.4 Å². The summed E-state index contributed by atoms with van der Waals surface area (Å²) in [6.07, 6.45) is 0. The Balaban J connectivity index is 4.17. The Bertz CT molecular complexity index is 228. The predicted octanol–water partition coefficient (Wildman–Crippen LogP) is -1.56. The molecule has 1 unspecified atom stereocenters. The molecule has 0 fully saturated rings. The highest BCUT2D eigenvalue weighted by Gasteiger charge is 2.20. The highest BCUT2D eigenvalue weighted by molar-refractivity contribution is 6.10. The number of hydrogen-bond donors (Lipinski definition) is 2. The Labute approximate surface area is 94.0 Å². The van der Waals surface area contributed by atoms with Crippen LogP contribution in [0.5, 0.6) is 0 Å². The molecule has 0 aromatic heterocycles. The highest BCUT2D eigenvalue weighted by atomic mass is 27.0. The van der Waals surface area contributed by atoms with Crippen LogP contribution in [0.4, 0.5) is 8.78 Å². The van der Waals surface area contributed by atoms with Crippen molar-refractivity contribution >= 4 is 28.1 Å². The first-order valence-electron chi connectivity index (χ1n) is 4.42. The fourth-order valence-electron chi connectivity index (χ4n) is 0.895. The van der Waals surface area contributed by atoms with Crippen molar-refractivity contribution in [3.05, 3.63) is 0 Å². The lowest BCUT2D eigenvalue weighted by atomic mass is 10.3. The third-order valence-corrected chi connectivity index (χ3v) is 1.79. The first kappa shape index (κ1) is 14.3. The Kier molecular flexibility index (Phi) is 7.21. The SMILES string of the molecule is CC(=O)NC(COC(F)F)C(=O)N[CH2][AlH2]. The number of nitrogens with one attached hydrogen (secondary N) is 2. The molecule has 0 rings (SSSR count). The van der Waals surface area contributed by atoms with E-state index in [4.69, 9.17) is 0 Å². The van der Waals surface area contributed by atoms with E-state index in [0.29, 0.717) is 5.41 Å². The van der Waals surface area contributed by atoms with E-state index in [0.717, 1.165) is 16.3 Å². The van der Waals surface area contributed by atoms with Gasteiger partial charge in [0.25, 0.3) is 0 Å². The predicted molar refractivity (Wildman–Crippen MR) is 51.1 cm³/mol. The van der Waals surface area contributed by atoms with E-state index in [1.54, 1.807) is 0 Å². The summed E-state index contributed by atoms with van der Waals surface area (Å²) in [6, 6.07) is -1.06. The summed E-state index contributed by atoms with van der Waals surface area (Å²) < 4.78 is 27.4. The minimum Gasteiger partial charge on any atom is -0.369 e. The van der Waals surface area contributed by atoms with Gasteiger partial charge < -0.3 is 15.4 Å². The number of amides is 2. The van der Waals surface area contributed by atoms with Crippen molar-refractivity contribution in [1.29, 1.82) is 0 Å². The molecule has 86 valence electrons. The van der Waals surface area contributed by atoms with Crippen LogP contribution in [0.25, 0.3) is 0 Å². The van der Waals surface area contributed by atoms with Gasteiger partial charge in [-0.25, -0.2) is 0 Å². The molecule has 0 heterocycles. The van der Waals surface area contributed by atoms with Gasteiger partial charge in [-0.15, -0.1) is 0 Å². The van der Waals surface area contributed by atoms with Gasteiger partial charge in [-0.05, 0) is 5.41 Å². The van der Waals surface area contributed by atoms with Gasteiger partial charge in [0, 0.05) is 6.92 Å². The summed E-state index contributed by atoms with van der Waals surface area (Å²) in [5.74, 6) is -0.984. The second-order valence-corrected chi connectivity index (χ2v) is 3.45. The molecule has 0 aliphatic rings. The zero-order chi connectivity index (χ0) is 11.8. The zero-order valence-corrected chi connectivity index (χ0v) is 10.5. The molecule has 0 spiro atoms. The fraction of sp³-hybridized carbons (Fsp3) is 0.714. The van der Waals surface area contributed by atoms with Crippen LogP contribution in [0.2, 0.25) is 0 Å². The molecule has 15 heavy (non-hydrogen) atoms. The number of carbonyl (C=O) groups excluding carboxylic acids is 2. The van der Waals surface area contributed by atoms with Crippen LogP contribution < -0.4 is 10.6 Å². The molecular formula is C7H13AlF2N2O3. The third kappa shape index (κ3) is 7.25. The molecule has 5 nitrogen and oxygen atoms in total. The molecule has 2 amide bonds. The largest absolute Gasteiger partial charge is 0.369 e. The van der Waals surface area contributed by atoms with Crippen molar-refractivity contribution < 1.29 is 23.1 Å². The average Bonchev–Trinajstić information content (AvgIpc) is 2.11. The van der Waals surface area contributed by atoms with Gasteiger partial charge in [-0.1, -0.05) is 0 Å². The smallest absolute Gasteiger partial charge is 0.345 e. The van der Waals surface area contributed by atoms with E-state index in [1.165, 1.54) is 6.92 Å². The lowest BCUT2D eigenvalue weighted by Gasteiger charge is -2.16. The Morgan fingerprint density at radius 3 is 2.47 bits per heavy atom. The van der Waals surface area contributed by atoms with Crippen LogP contribution in [0.3, 0.4) is 0 Å². The molecule has 0 bridgehead atoms. The van der Waals surface area contributed by atoms with Gasteiger partial charge in [0.15, 0.2) is 0 Å². The molecule has 0 aromatic rings. The van der Waals surface area contributed by atoms with Crippen molar-refractivity contribution in [1.82, 2.24) is 10.6 Å². The molecule has 0 saturated carbocycles. The summed E-state index contributed by atoms with van der Waals surface area (Å²) in [5.41, 5.74) is 0. The van der Waals surface area contributed by atoms with Crippen LogP contribution in [0.1, 0.15) is 6.92 Å². The quantitative estimate of drug-likeness (QED) is 0.550. The minimum absolute atomic E-state index is 0.471. The Hall–Kier alpha value is -0.708. The molecule has 1 atom stereocenters. The first-order chi connectivity index (χ1) is 6.97. The van der Waals surface area contributed by atoms with Gasteiger partial charge >= 0.3 is 6.61 Å². The maximum atomic E-state index is 11.7. The summed E-state index contributed by atoms with van der Waals surface area (Å²) in [4.78, 5) is 21.9. The van der Waals surface area contributed by atoms with Crippen molar-refractivity contribution in [3.63, 3.8) is 0 Å². The maximum Gasteiger partial charge on any atom is 0.345 e. The summed E-state index contributed by atoms with van der Waals surface area (Å²) >= 11 is 0.749. The lowest BCUT2D eigenvalue weighted by Crippen LogP contribution is -2.49. The molecule has 0 aromatic carbocycles. The van der Waals surface area contributed by atoms with Gasteiger partial charge in [0.05, 0.1) is 6.61 Å². The third-order valence-electron chi connectivity index (χ3n) is 1.43. The maximum absolute atomic E-state index is 11.7. The van der Waals surface area contributed by atoms with Crippen LogP contribution in [-0.2, 0) is 14.3 Å². The van der Waals surface area contributed by atoms with E-state index in [2.05, 4.69) is 15.4 Å². The average molecular weight is 238 g/mol. The zero-order valence-electron chi connectivity index (χ0n) is 8.55. The minimum atomic E-state index is -2.95. The number of rotatable bonds is 6. The summed E-state index contributed by atoms with van der Waals surface area (Å²) in [5, 5.41) is 5.17. The molecule has 2 N–H and O–H groups in total. The van der Waals surface area contributed by atoms with Gasteiger partial charge in [0.2, 0.25) is 28.1 Å². The molecular weight excluding hydrogens is 225 g/mol.